The smallest absolute Gasteiger partial charge is 0.315 e. The topological polar surface area (TPSA) is 54.0 Å². The summed E-state index contributed by atoms with van der Waals surface area (Å²) in [5.41, 5.74) is 2.20. The Morgan fingerprint density at radius 1 is 1.16 bits per heavy atom. The Hall–Kier alpha value is -1.88. The summed E-state index contributed by atoms with van der Waals surface area (Å²) >= 11 is 1.69. The molecule has 4 nitrogen and oxygen atoms in total. The molecule has 0 fully saturated rings. The molecule has 0 saturated carbocycles. The fourth-order valence-corrected chi connectivity index (χ4v) is 3.52. The van der Waals surface area contributed by atoms with Crippen LogP contribution in [0, 0.1) is 5.92 Å². The average Bonchev–Trinajstić information content (AvgIpc) is 3.04. The standard InChI is InChI=1S/C20H29N3OS/c1-14(2)12-18(16-8-6-5-7-9-16)23-20(24)21-11-10-17-13-25-19(22-17)15(3)4/h5-9,13-15,18H,10-12H2,1-4H3,(H2,21,23,24)/t18-/m1/s1. The molecule has 2 rings (SSSR count). The van der Waals surface area contributed by atoms with E-state index in [9.17, 15) is 4.79 Å². The Morgan fingerprint density at radius 2 is 1.88 bits per heavy atom. The van der Waals surface area contributed by atoms with Crippen molar-refractivity contribution in [2.24, 2.45) is 5.92 Å². The molecule has 0 aliphatic carbocycles. The first kappa shape index (κ1) is 19.4. The maximum absolute atomic E-state index is 12.3. The monoisotopic (exact) mass is 359 g/mol. The van der Waals surface area contributed by atoms with Gasteiger partial charge < -0.3 is 10.6 Å². The summed E-state index contributed by atoms with van der Waals surface area (Å²) in [6, 6.07) is 10.1. The van der Waals surface area contributed by atoms with Crippen LogP contribution in [0.15, 0.2) is 35.7 Å². The molecule has 0 aliphatic heterocycles. The van der Waals surface area contributed by atoms with Gasteiger partial charge in [-0.05, 0) is 17.9 Å². The highest BCUT2D eigenvalue weighted by Crippen LogP contribution is 2.21. The van der Waals surface area contributed by atoms with Crippen LogP contribution in [0.1, 0.15) is 62.3 Å². The average molecular weight is 360 g/mol. The molecule has 2 amide bonds. The maximum atomic E-state index is 12.3. The van der Waals surface area contributed by atoms with Gasteiger partial charge in [0.15, 0.2) is 0 Å². The van der Waals surface area contributed by atoms with E-state index in [1.165, 1.54) is 0 Å². The van der Waals surface area contributed by atoms with Crippen LogP contribution in [-0.4, -0.2) is 17.6 Å². The van der Waals surface area contributed by atoms with Crippen molar-refractivity contribution in [1.29, 1.82) is 0 Å². The van der Waals surface area contributed by atoms with Crippen LogP contribution in [0.4, 0.5) is 4.79 Å². The van der Waals surface area contributed by atoms with Gasteiger partial charge in [-0.15, -0.1) is 11.3 Å². The third-order valence-electron chi connectivity index (χ3n) is 3.94. The zero-order valence-electron chi connectivity index (χ0n) is 15.6. The largest absolute Gasteiger partial charge is 0.338 e. The number of amides is 2. The normalized spacial score (nSPS) is 12.4. The van der Waals surface area contributed by atoms with Crippen molar-refractivity contribution in [3.63, 3.8) is 0 Å². The van der Waals surface area contributed by atoms with Gasteiger partial charge in [0.2, 0.25) is 0 Å². The fourth-order valence-electron chi connectivity index (χ4n) is 2.65. The lowest BCUT2D eigenvalue weighted by molar-refractivity contribution is 0.235. The molecule has 2 aromatic rings. The number of benzene rings is 1. The molecule has 25 heavy (non-hydrogen) atoms. The molecule has 2 N–H and O–H groups in total. The van der Waals surface area contributed by atoms with E-state index in [0.29, 0.717) is 18.4 Å². The lowest BCUT2D eigenvalue weighted by atomic mass is 9.97. The summed E-state index contributed by atoms with van der Waals surface area (Å²) < 4.78 is 0. The van der Waals surface area contributed by atoms with Crippen LogP contribution in [0.2, 0.25) is 0 Å². The van der Waals surface area contributed by atoms with Gasteiger partial charge in [0.25, 0.3) is 0 Å². The second kappa shape index (κ2) is 9.56. The highest BCUT2D eigenvalue weighted by Gasteiger charge is 2.15. The number of hydrogen-bond acceptors (Lipinski definition) is 3. The zero-order chi connectivity index (χ0) is 18.2. The van der Waals surface area contributed by atoms with E-state index in [2.05, 4.69) is 60.8 Å². The van der Waals surface area contributed by atoms with Crippen molar-refractivity contribution < 1.29 is 4.79 Å². The lowest BCUT2D eigenvalue weighted by Crippen LogP contribution is -2.39. The van der Waals surface area contributed by atoms with Gasteiger partial charge in [0.1, 0.15) is 0 Å². The van der Waals surface area contributed by atoms with Crippen molar-refractivity contribution in [2.45, 2.75) is 52.5 Å². The second-order valence-corrected chi connectivity index (χ2v) is 7.96. The zero-order valence-corrected chi connectivity index (χ0v) is 16.4. The number of urea groups is 1. The van der Waals surface area contributed by atoms with E-state index >= 15 is 0 Å². The molecule has 1 atom stereocenters. The number of rotatable bonds is 8. The molecular formula is C20H29N3OS. The maximum Gasteiger partial charge on any atom is 0.315 e. The van der Waals surface area contributed by atoms with Gasteiger partial charge in [0, 0.05) is 24.3 Å². The van der Waals surface area contributed by atoms with Crippen molar-refractivity contribution in [2.75, 3.05) is 6.54 Å². The number of carbonyl (C=O) groups is 1. The van der Waals surface area contributed by atoms with E-state index < -0.39 is 0 Å². The summed E-state index contributed by atoms with van der Waals surface area (Å²) in [4.78, 5) is 16.9. The molecule has 0 radical (unpaired) electrons. The van der Waals surface area contributed by atoms with E-state index in [1.54, 1.807) is 11.3 Å². The summed E-state index contributed by atoms with van der Waals surface area (Å²) in [5, 5.41) is 9.30. The highest BCUT2D eigenvalue weighted by molar-refractivity contribution is 7.09. The van der Waals surface area contributed by atoms with Crippen molar-refractivity contribution in [1.82, 2.24) is 15.6 Å². The molecule has 0 spiro atoms. The van der Waals surface area contributed by atoms with Crippen molar-refractivity contribution in [3.8, 4) is 0 Å². The quantitative estimate of drug-likeness (QED) is 0.704. The minimum Gasteiger partial charge on any atom is -0.338 e. The molecule has 136 valence electrons. The molecule has 1 aromatic heterocycles. The minimum atomic E-state index is -0.117. The van der Waals surface area contributed by atoms with Crippen LogP contribution in [0.25, 0.3) is 0 Å². The Morgan fingerprint density at radius 3 is 2.48 bits per heavy atom. The van der Waals surface area contributed by atoms with Crippen LogP contribution in [0.5, 0.6) is 0 Å². The molecule has 0 unspecified atom stereocenters. The molecule has 0 bridgehead atoms. The molecule has 0 aliphatic rings. The number of hydrogen-bond donors (Lipinski definition) is 2. The number of aromatic nitrogens is 1. The molecule has 1 aromatic carbocycles. The minimum absolute atomic E-state index is 0.0352. The Kier molecular flexibility index (Phi) is 7.44. The van der Waals surface area contributed by atoms with Gasteiger partial charge in [0.05, 0.1) is 16.7 Å². The highest BCUT2D eigenvalue weighted by atomic mass is 32.1. The molecule has 1 heterocycles. The van der Waals surface area contributed by atoms with E-state index in [0.717, 1.165) is 29.1 Å². The molecule has 5 heteroatoms. The first-order valence-electron chi connectivity index (χ1n) is 8.99. The summed E-state index contributed by atoms with van der Waals surface area (Å²) in [7, 11) is 0. The van der Waals surface area contributed by atoms with Gasteiger partial charge in [-0.2, -0.15) is 0 Å². The van der Waals surface area contributed by atoms with E-state index in [1.807, 2.05) is 18.2 Å². The Balaban J connectivity index is 1.84. The van der Waals surface area contributed by atoms with Crippen molar-refractivity contribution in [3.05, 3.63) is 52.0 Å². The first-order chi connectivity index (χ1) is 12.0. The third-order valence-corrected chi connectivity index (χ3v) is 5.14. The van der Waals surface area contributed by atoms with Gasteiger partial charge in [-0.1, -0.05) is 58.0 Å². The Labute approximate surface area is 155 Å². The summed E-state index contributed by atoms with van der Waals surface area (Å²) in [6.45, 7) is 9.23. The lowest BCUT2D eigenvalue weighted by Gasteiger charge is -2.21. The predicted octanol–water partition coefficient (Wildman–Crippen LogP) is 4.90. The summed E-state index contributed by atoms with van der Waals surface area (Å²) in [6.07, 6.45) is 1.68. The van der Waals surface area contributed by atoms with Crippen LogP contribution < -0.4 is 10.6 Å². The van der Waals surface area contributed by atoms with Gasteiger partial charge in [-0.25, -0.2) is 9.78 Å². The molecular weight excluding hydrogens is 330 g/mol. The first-order valence-corrected chi connectivity index (χ1v) is 9.87. The number of carbonyl (C=O) groups excluding carboxylic acids is 1. The second-order valence-electron chi connectivity index (χ2n) is 7.07. The van der Waals surface area contributed by atoms with E-state index in [-0.39, 0.29) is 12.1 Å². The van der Waals surface area contributed by atoms with Crippen molar-refractivity contribution >= 4 is 17.4 Å². The predicted molar refractivity (Wildman–Crippen MR) is 105 cm³/mol. The fraction of sp³-hybridized carbons (Fsp3) is 0.500. The van der Waals surface area contributed by atoms with Crippen LogP contribution >= 0.6 is 11.3 Å². The van der Waals surface area contributed by atoms with E-state index in [4.69, 9.17) is 0 Å². The van der Waals surface area contributed by atoms with Crippen LogP contribution in [0.3, 0.4) is 0 Å². The number of nitrogens with zero attached hydrogens (tertiary/aromatic N) is 1. The summed E-state index contributed by atoms with van der Waals surface area (Å²) in [5.74, 6) is 0.965. The number of nitrogens with one attached hydrogen (secondary N) is 2. The SMILES string of the molecule is CC(C)C[C@@H](NC(=O)NCCc1csc(C(C)C)n1)c1ccccc1. The molecule has 0 saturated heterocycles. The van der Waals surface area contributed by atoms with Crippen LogP contribution in [-0.2, 0) is 6.42 Å². The van der Waals surface area contributed by atoms with Gasteiger partial charge in [-0.3, -0.25) is 0 Å². The Bertz CT molecular complexity index is 652. The number of thiazole rings is 1. The third kappa shape index (κ3) is 6.50. The van der Waals surface area contributed by atoms with Gasteiger partial charge >= 0.3 is 6.03 Å².